The number of rotatable bonds is 0. The standard InChI is InChI=1S/C8H7BN4O/c1-5-11-12-8-9-14-7-4-10-3-2-6(7)13(5)8/h2-4,9H,1H3. The van der Waals surface area contributed by atoms with Gasteiger partial charge in [0.1, 0.15) is 17.3 Å². The molecule has 0 spiro atoms. The molecule has 1 aliphatic heterocycles. The molecule has 1 aliphatic rings. The molecule has 0 aromatic carbocycles. The van der Waals surface area contributed by atoms with E-state index in [2.05, 4.69) is 15.2 Å². The van der Waals surface area contributed by atoms with Gasteiger partial charge in [0.2, 0.25) is 0 Å². The second-order valence-electron chi connectivity index (χ2n) is 3.13. The molecule has 0 unspecified atom stereocenters. The van der Waals surface area contributed by atoms with Crippen LogP contribution in [-0.4, -0.2) is 27.2 Å². The van der Waals surface area contributed by atoms with Crippen molar-refractivity contribution in [2.24, 2.45) is 0 Å². The van der Waals surface area contributed by atoms with Gasteiger partial charge in [-0.25, -0.2) is 0 Å². The molecular weight excluding hydrogens is 179 g/mol. The van der Waals surface area contributed by atoms with Crippen LogP contribution in [0.15, 0.2) is 18.5 Å². The van der Waals surface area contributed by atoms with Crippen molar-refractivity contribution in [1.29, 1.82) is 0 Å². The number of nitrogens with zero attached hydrogens (tertiary/aromatic N) is 4. The average molecular weight is 186 g/mol. The van der Waals surface area contributed by atoms with Gasteiger partial charge in [-0.1, -0.05) is 0 Å². The molecular formula is C8H7BN4O. The third kappa shape index (κ3) is 0.877. The van der Waals surface area contributed by atoms with Gasteiger partial charge in [-0.3, -0.25) is 9.55 Å². The Morgan fingerprint density at radius 2 is 2.36 bits per heavy atom. The fraction of sp³-hybridized carbons (Fsp3) is 0.125. The van der Waals surface area contributed by atoms with E-state index in [0.29, 0.717) is 7.48 Å². The van der Waals surface area contributed by atoms with Crippen molar-refractivity contribution in [2.75, 3.05) is 0 Å². The Kier molecular flexibility index (Phi) is 1.39. The van der Waals surface area contributed by atoms with E-state index in [1.165, 1.54) is 0 Å². The molecule has 0 radical (unpaired) electrons. The lowest BCUT2D eigenvalue weighted by atomic mass is 9.98. The van der Waals surface area contributed by atoms with Crippen LogP contribution in [0.1, 0.15) is 5.82 Å². The molecule has 2 aromatic rings. The van der Waals surface area contributed by atoms with Crippen LogP contribution in [0, 0.1) is 6.92 Å². The largest absolute Gasteiger partial charge is 0.553 e. The third-order valence-electron chi connectivity index (χ3n) is 2.25. The molecule has 68 valence electrons. The molecule has 5 nitrogen and oxygen atoms in total. The molecule has 0 saturated carbocycles. The minimum atomic E-state index is 0.458. The molecule has 2 aromatic heterocycles. The molecule has 0 bridgehead atoms. The molecule has 0 atom stereocenters. The van der Waals surface area contributed by atoms with Crippen molar-refractivity contribution < 1.29 is 4.65 Å². The van der Waals surface area contributed by atoms with E-state index >= 15 is 0 Å². The van der Waals surface area contributed by atoms with Crippen LogP contribution in [0.5, 0.6) is 5.75 Å². The second kappa shape index (κ2) is 2.57. The molecule has 3 rings (SSSR count). The molecule has 14 heavy (non-hydrogen) atoms. The number of hydrogen-bond donors (Lipinski definition) is 0. The topological polar surface area (TPSA) is 52.8 Å². The smallest absolute Gasteiger partial charge is 0.414 e. The van der Waals surface area contributed by atoms with Crippen LogP contribution in [-0.2, 0) is 0 Å². The highest BCUT2D eigenvalue weighted by Crippen LogP contribution is 2.23. The maximum Gasteiger partial charge on any atom is 0.414 e. The first kappa shape index (κ1) is 7.55. The molecule has 0 amide bonds. The van der Waals surface area contributed by atoms with Crippen molar-refractivity contribution in [3.05, 3.63) is 24.3 Å². The van der Waals surface area contributed by atoms with E-state index in [1.807, 2.05) is 17.6 Å². The normalized spacial score (nSPS) is 12.4. The SMILES string of the molecule is Cc1nnc2n1-c1ccncc1OB2. The van der Waals surface area contributed by atoms with Crippen molar-refractivity contribution >= 4 is 13.2 Å². The monoisotopic (exact) mass is 186 g/mol. The molecule has 0 saturated heterocycles. The maximum absolute atomic E-state index is 5.48. The van der Waals surface area contributed by atoms with Crippen LogP contribution < -0.4 is 10.4 Å². The average Bonchev–Trinajstić information content (AvgIpc) is 2.61. The lowest BCUT2D eigenvalue weighted by Gasteiger charge is -2.18. The first-order chi connectivity index (χ1) is 6.86. The predicted molar refractivity (Wildman–Crippen MR) is 51.3 cm³/mol. The minimum absolute atomic E-state index is 0.458. The van der Waals surface area contributed by atoms with Gasteiger partial charge in [-0.05, 0) is 13.0 Å². The fourth-order valence-corrected chi connectivity index (χ4v) is 1.62. The Bertz CT molecular complexity index is 496. The Morgan fingerprint density at radius 1 is 1.43 bits per heavy atom. The number of aryl methyl sites for hydroxylation is 1. The van der Waals surface area contributed by atoms with Crippen molar-refractivity contribution in [2.45, 2.75) is 6.92 Å². The summed E-state index contributed by atoms with van der Waals surface area (Å²) in [6.07, 6.45) is 3.44. The number of aromatic nitrogens is 4. The van der Waals surface area contributed by atoms with E-state index in [9.17, 15) is 0 Å². The third-order valence-corrected chi connectivity index (χ3v) is 2.25. The summed E-state index contributed by atoms with van der Waals surface area (Å²) in [5.74, 6) is 1.65. The summed E-state index contributed by atoms with van der Waals surface area (Å²) in [6.45, 7) is 1.92. The Balaban J connectivity index is 2.32. The van der Waals surface area contributed by atoms with Gasteiger partial charge in [0.15, 0.2) is 0 Å². The van der Waals surface area contributed by atoms with Crippen molar-refractivity contribution in [3.63, 3.8) is 0 Å². The van der Waals surface area contributed by atoms with E-state index in [4.69, 9.17) is 4.65 Å². The Morgan fingerprint density at radius 3 is 3.29 bits per heavy atom. The molecule has 0 N–H and O–H groups in total. The first-order valence-corrected chi connectivity index (χ1v) is 4.34. The first-order valence-electron chi connectivity index (χ1n) is 4.34. The lowest BCUT2D eigenvalue weighted by molar-refractivity contribution is 0.581. The van der Waals surface area contributed by atoms with Crippen LogP contribution in [0.4, 0.5) is 0 Å². The van der Waals surface area contributed by atoms with Crippen LogP contribution in [0.2, 0.25) is 0 Å². The number of hydrogen-bond acceptors (Lipinski definition) is 4. The summed E-state index contributed by atoms with van der Waals surface area (Å²) in [4.78, 5) is 4.01. The van der Waals surface area contributed by atoms with Gasteiger partial charge < -0.3 is 4.65 Å². The summed E-state index contributed by atoms with van der Waals surface area (Å²) in [7, 11) is 0.458. The van der Waals surface area contributed by atoms with Gasteiger partial charge in [0.25, 0.3) is 0 Å². The van der Waals surface area contributed by atoms with E-state index < -0.39 is 0 Å². The van der Waals surface area contributed by atoms with E-state index in [-0.39, 0.29) is 0 Å². The number of pyridine rings is 1. The highest BCUT2D eigenvalue weighted by atomic mass is 16.4. The van der Waals surface area contributed by atoms with Gasteiger partial charge >= 0.3 is 7.48 Å². The van der Waals surface area contributed by atoms with Gasteiger partial charge in [-0.2, -0.15) is 0 Å². The lowest BCUT2D eigenvalue weighted by Crippen LogP contribution is -2.34. The molecule has 0 aliphatic carbocycles. The summed E-state index contributed by atoms with van der Waals surface area (Å²) in [6, 6.07) is 1.90. The predicted octanol–water partition coefficient (Wildman–Crippen LogP) is -0.660. The highest BCUT2D eigenvalue weighted by Gasteiger charge is 2.21. The molecule has 6 heteroatoms. The van der Waals surface area contributed by atoms with E-state index in [1.54, 1.807) is 12.4 Å². The molecule has 3 heterocycles. The summed E-state index contributed by atoms with van der Waals surface area (Å²) in [5.41, 5.74) is 1.80. The Labute approximate surface area is 81.0 Å². The maximum atomic E-state index is 5.48. The van der Waals surface area contributed by atoms with Crippen molar-refractivity contribution in [3.8, 4) is 11.4 Å². The van der Waals surface area contributed by atoms with Gasteiger partial charge in [0.05, 0.1) is 11.9 Å². The quantitative estimate of drug-likeness (QED) is 0.512. The van der Waals surface area contributed by atoms with Crippen LogP contribution in [0.3, 0.4) is 0 Å². The zero-order valence-corrected chi connectivity index (χ0v) is 7.64. The number of fused-ring (bicyclic) bond motifs is 3. The van der Waals surface area contributed by atoms with Gasteiger partial charge in [-0.15, -0.1) is 10.2 Å². The minimum Gasteiger partial charge on any atom is -0.553 e. The Hall–Kier alpha value is -1.85. The second-order valence-corrected chi connectivity index (χ2v) is 3.13. The molecule has 0 fully saturated rings. The zero-order chi connectivity index (χ0) is 9.54. The van der Waals surface area contributed by atoms with Crippen LogP contribution in [0.25, 0.3) is 5.69 Å². The summed E-state index contributed by atoms with van der Waals surface area (Å²) >= 11 is 0. The van der Waals surface area contributed by atoms with E-state index in [0.717, 1.165) is 23.0 Å². The summed E-state index contributed by atoms with van der Waals surface area (Å²) < 4.78 is 7.46. The highest BCUT2D eigenvalue weighted by molar-refractivity contribution is 6.46. The zero-order valence-electron chi connectivity index (χ0n) is 7.64. The fourth-order valence-electron chi connectivity index (χ4n) is 1.62. The van der Waals surface area contributed by atoms with Crippen LogP contribution >= 0.6 is 0 Å². The summed E-state index contributed by atoms with van der Waals surface area (Å²) in [5, 5.41) is 8.03. The van der Waals surface area contributed by atoms with Crippen molar-refractivity contribution in [1.82, 2.24) is 19.7 Å². The van der Waals surface area contributed by atoms with Gasteiger partial charge in [0, 0.05) is 6.20 Å².